The van der Waals surface area contributed by atoms with Gasteiger partial charge in [-0.1, -0.05) is 6.08 Å². The monoisotopic (exact) mass is 452 g/mol. The molecule has 2 N–H and O–H groups in total. The molecule has 0 spiro atoms. The molecule has 0 aliphatic carbocycles. The van der Waals surface area contributed by atoms with Gasteiger partial charge < -0.3 is 33.9 Å². The third-order valence-corrected chi connectivity index (χ3v) is 5.76. The Bertz CT molecular complexity index is 901. The normalized spacial score (nSPS) is 15.8. The maximum atomic E-state index is 12.5. The van der Waals surface area contributed by atoms with Crippen molar-refractivity contribution >= 4 is 11.9 Å². The Hall–Kier alpha value is -2.62. The van der Waals surface area contributed by atoms with E-state index >= 15 is 0 Å². The van der Waals surface area contributed by atoms with Gasteiger partial charge in [0, 0.05) is 18.2 Å². The van der Waals surface area contributed by atoms with Crippen LogP contribution in [0.5, 0.6) is 11.5 Å². The maximum absolute atomic E-state index is 12.5. The van der Waals surface area contributed by atoms with Crippen LogP contribution in [0.2, 0.25) is 0 Å². The first-order chi connectivity index (χ1) is 15.0. The van der Waals surface area contributed by atoms with Gasteiger partial charge in [-0.15, -0.1) is 0 Å². The number of hydrogen-bond acceptors (Lipinski definition) is 8. The van der Waals surface area contributed by atoms with Gasteiger partial charge in [-0.25, -0.2) is 4.79 Å². The number of aliphatic hydroxyl groups is 1. The molecule has 0 saturated carbocycles. The van der Waals surface area contributed by atoms with Crippen molar-refractivity contribution in [2.24, 2.45) is 5.41 Å². The molecule has 1 aromatic carbocycles. The lowest BCUT2D eigenvalue weighted by molar-refractivity contribution is -0.152. The number of allylic oxidation sites excluding steroid dienone is 1. The summed E-state index contributed by atoms with van der Waals surface area (Å²) >= 11 is 0. The molecule has 0 fully saturated rings. The Kier molecular flexibility index (Phi) is 8.28. The van der Waals surface area contributed by atoms with E-state index in [1.165, 1.54) is 28.1 Å². The van der Waals surface area contributed by atoms with Crippen molar-refractivity contribution in [3.05, 3.63) is 33.9 Å². The van der Waals surface area contributed by atoms with Crippen LogP contribution in [0.3, 0.4) is 0 Å². The van der Waals surface area contributed by atoms with Crippen molar-refractivity contribution in [2.45, 2.75) is 60.0 Å². The second kappa shape index (κ2) is 10.3. The molecular formula is C23H32O9. The van der Waals surface area contributed by atoms with E-state index in [1.807, 2.05) is 6.92 Å². The molecule has 0 radical (unpaired) electrons. The van der Waals surface area contributed by atoms with Crippen molar-refractivity contribution in [1.82, 2.24) is 0 Å². The fourth-order valence-electron chi connectivity index (χ4n) is 3.49. The molecule has 1 aliphatic heterocycles. The first-order valence-corrected chi connectivity index (χ1v) is 10.2. The molecule has 9 heteroatoms. The van der Waals surface area contributed by atoms with Gasteiger partial charge >= 0.3 is 11.9 Å². The third-order valence-electron chi connectivity index (χ3n) is 5.76. The summed E-state index contributed by atoms with van der Waals surface area (Å²) in [7, 11) is 3.01. The van der Waals surface area contributed by atoms with Crippen molar-refractivity contribution < 1.29 is 43.5 Å². The standard InChI is InChI=1S/C23H32O9/c1-12(20(24)23(4,5)22(26)27)8-9-15-18(29-7)13(2)16-10-30-21(25)17(16)19(15)32-11-31-14(3)28-6/h8,14,20,24H,9-11H2,1-7H3,(H,26,27). The Labute approximate surface area is 187 Å². The molecule has 2 rings (SSSR count). The Morgan fingerprint density at radius 2 is 1.94 bits per heavy atom. The number of fused-ring (bicyclic) bond motifs is 1. The summed E-state index contributed by atoms with van der Waals surface area (Å²) in [4.78, 5) is 24.0. The van der Waals surface area contributed by atoms with Gasteiger partial charge in [0.1, 0.15) is 23.7 Å². The number of rotatable bonds is 11. The second-order valence-corrected chi connectivity index (χ2v) is 8.21. The number of carboxylic acids is 1. The molecule has 2 unspecified atom stereocenters. The van der Waals surface area contributed by atoms with Crippen LogP contribution in [-0.2, 0) is 32.0 Å². The van der Waals surface area contributed by atoms with Crippen LogP contribution < -0.4 is 9.47 Å². The third kappa shape index (κ3) is 5.06. The predicted octanol–water partition coefficient (Wildman–Crippen LogP) is 2.98. The number of carboxylic acid groups (broad SMARTS) is 1. The fraction of sp³-hybridized carbons (Fsp3) is 0.565. The Morgan fingerprint density at radius 3 is 2.50 bits per heavy atom. The van der Waals surface area contributed by atoms with Crippen molar-refractivity contribution in [1.29, 1.82) is 0 Å². The summed E-state index contributed by atoms with van der Waals surface area (Å²) in [5, 5.41) is 20.0. The van der Waals surface area contributed by atoms with Gasteiger partial charge in [-0.2, -0.15) is 0 Å². The zero-order valence-electron chi connectivity index (χ0n) is 19.6. The van der Waals surface area contributed by atoms with Crippen LogP contribution in [0.15, 0.2) is 11.6 Å². The van der Waals surface area contributed by atoms with E-state index in [4.69, 9.17) is 23.7 Å². The molecular weight excluding hydrogens is 420 g/mol. The number of esters is 1. The molecule has 0 bridgehead atoms. The number of ether oxygens (including phenoxy) is 5. The summed E-state index contributed by atoms with van der Waals surface area (Å²) in [6.45, 7) is 8.03. The van der Waals surface area contributed by atoms with Crippen molar-refractivity contribution in [3.63, 3.8) is 0 Å². The first kappa shape index (κ1) is 25.6. The van der Waals surface area contributed by atoms with Crippen LogP contribution in [0, 0.1) is 12.3 Å². The fourth-order valence-corrected chi connectivity index (χ4v) is 3.49. The van der Waals surface area contributed by atoms with E-state index in [0.29, 0.717) is 28.0 Å². The molecule has 0 aromatic heterocycles. The topological polar surface area (TPSA) is 121 Å². The van der Waals surface area contributed by atoms with E-state index < -0.39 is 29.7 Å². The number of cyclic esters (lactones) is 1. The number of aliphatic hydroxyl groups excluding tert-OH is 1. The minimum absolute atomic E-state index is 0.114. The van der Waals surface area contributed by atoms with Gasteiger partial charge in [0.2, 0.25) is 0 Å². The predicted molar refractivity (Wildman–Crippen MR) is 115 cm³/mol. The smallest absolute Gasteiger partial charge is 0.342 e. The SMILES string of the molecule is COc1c(C)c2c(c(OCOC(C)OC)c1CC=C(C)C(O)C(C)(C)C(=O)O)C(=O)OC2. The number of hydrogen-bond donors (Lipinski definition) is 2. The molecule has 1 aromatic rings. The zero-order valence-corrected chi connectivity index (χ0v) is 19.6. The van der Waals surface area contributed by atoms with Gasteiger partial charge in [0.05, 0.1) is 18.6 Å². The van der Waals surface area contributed by atoms with Crippen LogP contribution in [0.25, 0.3) is 0 Å². The summed E-state index contributed by atoms with van der Waals surface area (Å²) in [5.74, 6) is -0.827. The molecule has 2 atom stereocenters. The largest absolute Gasteiger partial charge is 0.496 e. The van der Waals surface area contributed by atoms with Crippen molar-refractivity contribution in [2.75, 3.05) is 21.0 Å². The Morgan fingerprint density at radius 1 is 1.28 bits per heavy atom. The Balaban J connectivity index is 2.50. The molecule has 32 heavy (non-hydrogen) atoms. The van der Waals surface area contributed by atoms with Gasteiger partial charge in [0.15, 0.2) is 13.1 Å². The summed E-state index contributed by atoms with van der Waals surface area (Å²) in [5.41, 5.74) is 1.40. The van der Waals surface area contributed by atoms with Crippen LogP contribution >= 0.6 is 0 Å². The van der Waals surface area contributed by atoms with Crippen molar-refractivity contribution in [3.8, 4) is 11.5 Å². The zero-order chi connectivity index (χ0) is 24.2. The van der Waals surface area contributed by atoms with Crippen LogP contribution in [0.4, 0.5) is 0 Å². The average Bonchev–Trinajstić information content (AvgIpc) is 3.14. The molecule has 9 nitrogen and oxygen atoms in total. The number of aliphatic carboxylic acids is 1. The lowest BCUT2D eigenvalue weighted by Crippen LogP contribution is -2.37. The number of methoxy groups -OCH3 is 2. The first-order valence-electron chi connectivity index (χ1n) is 10.2. The summed E-state index contributed by atoms with van der Waals surface area (Å²) < 4.78 is 27.2. The lowest BCUT2D eigenvalue weighted by atomic mass is 9.82. The van der Waals surface area contributed by atoms with Crippen LogP contribution in [-0.4, -0.2) is 55.6 Å². The quantitative estimate of drug-likeness (QED) is 0.296. The van der Waals surface area contributed by atoms with Gasteiger partial charge in [-0.05, 0) is 52.2 Å². The maximum Gasteiger partial charge on any atom is 0.342 e. The summed E-state index contributed by atoms with van der Waals surface area (Å²) in [6.07, 6.45) is 0.200. The second-order valence-electron chi connectivity index (χ2n) is 8.21. The number of benzene rings is 1. The summed E-state index contributed by atoms with van der Waals surface area (Å²) in [6, 6.07) is 0. The average molecular weight is 453 g/mol. The highest BCUT2D eigenvalue weighted by Gasteiger charge is 2.37. The molecule has 0 saturated heterocycles. The molecule has 178 valence electrons. The molecule has 0 amide bonds. The molecule has 1 aliphatic rings. The van der Waals surface area contributed by atoms with Gasteiger partial charge in [0.25, 0.3) is 0 Å². The van der Waals surface area contributed by atoms with E-state index in [-0.39, 0.29) is 25.6 Å². The highest BCUT2D eigenvalue weighted by atomic mass is 16.7. The minimum Gasteiger partial charge on any atom is -0.496 e. The van der Waals surface area contributed by atoms with Gasteiger partial charge in [-0.3, -0.25) is 4.79 Å². The number of carbonyl (C=O) groups excluding carboxylic acids is 1. The highest BCUT2D eigenvalue weighted by molar-refractivity contribution is 5.98. The van der Waals surface area contributed by atoms with E-state index in [1.54, 1.807) is 19.9 Å². The highest BCUT2D eigenvalue weighted by Crippen LogP contribution is 2.43. The van der Waals surface area contributed by atoms with Crippen LogP contribution in [0.1, 0.15) is 54.7 Å². The minimum atomic E-state index is -1.37. The molecule has 1 heterocycles. The van der Waals surface area contributed by atoms with E-state index in [9.17, 15) is 19.8 Å². The lowest BCUT2D eigenvalue weighted by Gasteiger charge is -2.27. The van der Waals surface area contributed by atoms with E-state index in [0.717, 1.165) is 5.56 Å². The van der Waals surface area contributed by atoms with E-state index in [2.05, 4.69) is 0 Å². The number of carbonyl (C=O) groups is 2.